The van der Waals surface area contributed by atoms with Gasteiger partial charge in [-0.1, -0.05) is 37.0 Å². The van der Waals surface area contributed by atoms with Crippen LogP contribution in [0.2, 0.25) is 19.6 Å². The number of carbonyl (C=O) groups excluding carboxylic acids is 2. The molecule has 1 aromatic heterocycles. The monoisotopic (exact) mass is 597 g/mol. The molecule has 1 amide bonds. The summed E-state index contributed by atoms with van der Waals surface area (Å²) in [5, 5.41) is 3.87. The second-order valence-corrected chi connectivity index (χ2v) is 16.8. The third kappa shape index (κ3) is 6.53. The fraction of sp³-hybridized carbons (Fsp3) is 0.517. The molecule has 2 fully saturated rings. The Morgan fingerprint density at radius 2 is 1.83 bits per heavy atom. The number of hydrogen-bond acceptors (Lipinski definition) is 11. The fourth-order valence-corrected chi connectivity index (χ4v) is 6.07. The van der Waals surface area contributed by atoms with Crippen LogP contribution in [0.5, 0.6) is 17.5 Å². The van der Waals surface area contributed by atoms with Crippen molar-refractivity contribution in [3.63, 3.8) is 0 Å². The number of aryl methyl sites for hydroxylation is 1. The van der Waals surface area contributed by atoms with Crippen molar-refractivity contribution in [1.29, 1.82) is 0 Å². The first-order chi connectivity index (χ1) is 20.0. The minimum absolute atomic E-state index is 0.0373. The van der Waals surface area contributed by atoms with Crippen molar-refractivity contribution in [3.8, 4) is 17.5 Å². The van der Waals surface area contributed by atoms with Gasteiger partial charge in [0.15, 0.2) is 5.69 Å². The van der Waals surface area contributed by atoms with E-state index in [1.54, 1.807) is 0 Å². The van der Waals surface area contributed by atoms with Gasteiger partial charge in [-0.25, -0.2) is 0 Å². The van der Waals surface area contributed by atoms with E-state index >= 15 is 0 Å². The second-order valence-electron chi connectivity index (χ2n) is 11.7. The molecule has 0 spiro atoms. The van der Waals surface area contributed by atoms with E-state index in [-0.39, 0.29) is 29.5 Å². The summed E-state index contributed by atoms with van der Waals surface area (Å²) in [4.78, 5) is 39.5. The summed E-state index contributed by atoms with van der Waals surface area (Å²) < 4.78 is 28.5. The number of carbonyl (C=O) groups is 2. The Balaban J connectivity index is 1.28. The van der Waals surface area contributed by atoms with E-state index in [1.807, 2.05) is 24.0 Å². The number of ketones is 1. The number of nitrogens with one attached hydrogen (secondary N) is 1. The van der Waals surface area contributed by atoms with Crippen LogP contribution in [0.25, 0.3) is 0 Å². The summed E-state index contributed by atoms with van der Waals surface area (Å²) in [5.41, 5.74) is 0.990. The van der Waals surface area contributed by atoms with E-state index in [0.29, 0.717) is 31.4 Å². The average molecular weight is 598 g/mol. The quantitative estimate of drug-likeness (QED) is 0.320. The Bertz CT molecular complexity index is 1350. The van der Waals surface area contributed by atoms with E-state index in [0.717, 1.165) is 25.2 Å². The molecular weight excluding hydrogens is 558 g/mol. The molecule has 1 N–H and O–H groups in total. The van der Waals surface area contributed by atoms with E-state index in [2.05, 4.69) is 45.9 Å². The van der Waals surface area contributed by atoms with E-state index in [9.17, 15) is 9.59 Å². The molecule has 42 heavy (non-hydrogen) atoms. The highest BCUT2D eigenvalue weighted by molar-refractivity contribution is 6.88. The maximum absolute atomic E-state index is 13.2. The van der Waals surface area contributed by atoms with Gasteiger partial charge in [-0.05, 0) is 38.1 Å². The molecule has 1 aromatic carbocycles. The SMILES string of the molecule is COc1nc(N2CCOC(CN3CCC3)C2)nc(OC)c1NC(=O)C1OC(Oc2cc([Si](C)(C)C)ccc2C)=CC1=O. The zero-order valence-corrected chi connectivity index (χ0v) is 26.1. The zero-order valence-electron chi connectivity index (χ0n) is 25.1. The second kappa shape index (κ2) is 12.3. The van der Waals surface area contributed by atoms with Gasteiger partial charge in [0, 0.05) is 19.6 Å². The van der Waals surface area contributed by atoms with Crippen LogP contribution >= 0.6 is 0 Å². The van der Waals surface area contributed by atoms with Gasteiger partial charge in [-0.15, -0.1) is 0 Å². The van der Waals surface area contributed by atoms with Gasteiger partial charge in [0.05, 0.1) is 41.1 Å². The molecule has 226 valence electrons. The highest BCUT2D eigenvalue weighted by Crippen LogP contribution is 2.35. The van der Waals surface area contributed by atoms with Gasteiger partial charge in [-0.2, -0.15) is 9.97 Å². The number of likely N-dealkylation sites (tertiary alicyclic amines) is 1. The van der Waals surface area contributed by atoms with Gasteiger partial charge < -0.3 is 38.8 Å². The molecule has 12 nitrogen and oxygen atoms in total. The number of nitrogens with zero attached hydrogens (tertiary/aromatic N) is 4. The van der Waals surface area contributed by atoms with Crippen LogP contribution in [-0.2, 0) is 19.1 Å². The van der Waals surface area contributed by atoms with Crippen molar-refractivity contribution >= 4 is 36.6 Å². The van der Waals surface area contributed by atoms with Gasteiger partial charge in [0.25, 0.3) is 11.9 Å². The van der Waals surface area contributed by atoms with Crippen LogP contribution in [0, 0.1) is 6.92 Å². The predicted octanol–water partition coefficient (Wildman–Crippen LogP) is 2.09. The summed E-state index contributed by atoms with van der Waals surface area (Å²) in [6, 6.07) is 6.05. The minimum Gasteiger partial charge on any atom is -0.479 e. The van der Waals surface area contributed by atoms with Gasteiger partial charge in [0.1, 0.15) is 5.75 Å². The van der Waals surface area contributed by atoms with Crippen LogP contribution in [0.3, 0.4) is 0 Å². The van der Waals surface area contributed by atoms with E-state index < -0.39 is 25.9 Å². The standard InChI is InChI=1S/C29H39N5O7Si/c1-18-8-9-20(42(4,5)6)14-22(18)40-23-15-21(35)25(41-23)26(36)30-24-27(37-2)31-29(32-28(24)38-3)34-12-13-39-19(17-34)16-33-10-7-11-33/h8-9,14-15,19,25H,7,10-13,16-17H2,1-6H3,(H,30,36). The van der Waals surface area contributed by atoms with Crippen molar-refractivity contribution in [2.45, 2.75) is 45.2 Å². The Labute approximate surface area is 246 Å². The minimum atomic E-state index is -1.59. The molecule has 0 bridgehead atoms. The molecule has 2 unspecified atom stereocenters. The molecule has 5 rings (SSSR count). The molecular formula is C29H39N5O7Si. The molecule has 3 aliphatic heterocycles. The first kappa shape index (κ1) is 29.8. The molecule has 2 saturated heterocycles. The maximum atomic E-state index is 13.2. The van der Waals surface area contributed by atoms with Crippen LogP contribution < -0.4 is 29.6 Å². The topological polar surface area (TPSA) is 125 Å². The van der Waals surface area contributed by atoms with Crippen LogP contribution in [-0.4, -0.2) is 100 Å². The summed E-state index contributed by atoms with van der Waals surface area (Å²) in [6.07, 6.45) is 0.995. The lowest BCUT2D eigenvalue weighted by Crippen LogP contribution is -2.51. The number of morpholine rings is 1. The third-order valence-electron chi connectivity index (χ3n) is 7.55. The highest BCUT2D eigenvalue weighted by atomic mass is 28.3. The number of ether oxygens (including phenoxy) is 5. The summed E-state index contributed by atoms with van der Waals surface area (Å²) in [5.74, 6) is -0.122. The Kier molecular flexibility index (Phi) is 8.71. The number of anilines is 2. The number of aromatic nitrogens is 2. The largest absolute Gasteiger partial charge is 0.479 e. The van der Waals surface area contributed by atoms with Crippen LogP contribution in [0.4, 0.5) is 11.6 Å². The molecule has 3 aliphatic rings. The summed E-state index contributed by atoms with van der Waals surface area (Å²) >= 11 is 0. The zero-order chi connectivity index (χ0) is 30.0. The van der Waals surface area contributed by atoms with Crippen molar-refractivity contribution < 1.29 is 33.3 Å². The smallest absolute Gasteiger partial charge is 0.289 e. The number of rotatable bonds is 10. The average Bonchev–Trinajstić information content (AvgIpc) is 3.31. The lowest BCUT2D eigenvalue weighted by molar-refractivity contribution is -0.134. The van der Waals surface area contributed by atoms with Crippen molar-refractivity contribution in [2.75, 3.05) is 63.8 Å². The Morgan fingerprint density at radius 3 is 2.45 bits per heavy atom. The van der Waals surface area contributed by atoms with Crippen molar-refractivity contribution in [3.05, 3.63) is 35.8 Å². The van der Waals surface area contributed by atoms with Gasteiger partial charge in [-0.3, -0.25) is 9.59 Å². The Hall–Kier alpha value is -3.68. The molecule has 4 heterocycles. The third-order valence-corrected chi connectivity index (χ3v) is 9.60. The molecule has 0 saturated carbocycles. The van der Waals surface area contributed by atoms with E-state index in [4.69, 9.17) is 23.7 Å². The lowest BCUT2D eigenvalue weighted by atomic mass is 10.2. The normalized spacial score (nSPS) is 20.9. The molecule has 13 heteroatoms. The molecule has 0 radical (unpaired) electrons. The van der Waals surface area contributed by atoms with Crippen molar-refractivity contribution in [1.82, 2.24) is 14.9 Å². The first-order valence-corrected chi connectivity index (χ1v) is 17.7. The maximum Gasteiger partial charge on any atom is 0.289 e. The summed E-state index contributed by atoms with van der Waals surface area (Å²) in [7, 11) is 1.29. The predicted molar refractivity (Wildman–Crippen MR) is 160 cm³/mol. The molecule has 0 aliphatic carbocycles. The van der Waals surface area contributed by atoms with Gasteiger partial charge in [0.2, 0.25) is 29.6 Å². The number of hydrogen-bond donors (Lipinski definition) is 1. The Morgan fingerprint density at radius 1 is 1.12 bits per heavy atom. The van der Waals surface area contributed by atoms with Crippen molar-refractivity contribution in [2.24, 2.45) is 0 Å². The molecule has 2 aromatic rings. The fourth-order valence-electron chi connectivity index (χ4n) is 4.93. The number of benzene rings is 1. The van der Waals surface area contributed by atoms with E-state index in [1.165, 1.54) is 31.9 Å². The lowest BCUT2D eigenvalue weighted by Gasteiger charge is -2.38. The first-order valence-electron chi connectivity index (χ1n) is 14.2. The summed E-state index contributed by atoms with van der Waals surface area (Å²) in [6.45, 7) is 13.4. The van der Waals surface area contributed by atoms with Crippen LogP contribution in [0.15, 0.2) is 30.2 Å². The van der Waals surface area contributed by atoms with Crippen LogP contribution in [0.1, 0.15) is 12.0 Å². The van der Waals surface area contributed by atoms with Gasteiger partial charge >= 0.3 is 0 Å². The number of amides is 1. The highest BCUT2D eigenvalue weighted by Gasteiger charge is 2.37. The molecule has 2 atom stereocenters. The number of methoxy groups -OCH3 is 2.